The van der Waals surface area contributed by atoms with Gasteiger partial charge in [0.05, 0.1) is 23.1 Å². The van der Waals surface area contributed by atoms with Crippen LogP contribution in [0, 0.1) is 12.3 Å². The maximum absolute atomic E-state index is 13.0. The molecule has 0 unspecified atom stereocenters. The molecule has 1 N–H and O–H groups in total. The number of aryl methyl sites for hydroxylation is 1. The molecule has 7 heteroatoms. The number of ether oxygens (including phenoxy) is 1. The van der Waals surface area contributed by atoms with E-state index < -0.39 is 15.8 Å². The molecule has 0 bridgehead atoms. The number of carbonyl (C=O) groups is 1. The predicted molar refractivity (Wildman–Crippen MR) is 91.2 cm³/mol. The molecule has 2 heterocycles. The quantitative estimate of drug-likeness (QED) is 0.730. The van der Waals surface area contributed by atoms with Crippen LogP contribution in [0.3, 0.4) is 0 Å². The van der Waals surface area contributed by atoms with Gasteiger partial charge in [0.25, 0.3) is 0 Å². The van der Waals surface area contributed by atoms with Crippen molar-refractivity contribution < 1.29 is 17.9 Å². The SMILES string of the molecule is COC(=O)c1cc(S(=O)(=O)c2ccc(C)cc2)c(=N)n2ccccc12. The lowest BCUT2D eigenvalue weighted by Crippen LogP contribution is -2.24. The molecule has 0 aliphatic heterocycles. The van der Waals surface area contributed by atoms with Crippen LogP contribution in [0.2, 0.25) is 0 Å². The fraction of sp³-hybridized carbons (Fsp3) is 0.111. The predicted octanol–water partition coefficient (Wildman–Crippen LogP) is 2.35. The van der Waals surface area contributed by atoms with Crippen LogP contribution < -0.4 is 5.49 Å². The molecule has 1 aromatic carbocycles. The van der Waals surface area contributed by atoms with Crippen LogP contribution in [0.15, 0.2) is 64.5 Å². The van der Waals surface area contributed by atoms with Crippen LogP contribution in [-0.4, -0.2) is 25.9 Å². The van der Waals surface area contributed by atoms with E-state index >= 15 is 0 Å². The Labute approximate surface area is 144 Å². The van der Waals surface area contributed by atoms with Crippen molar-refractivity contribution in [2.45, 2.75) is 16.7 Å². The molecule has 3 rings (SSSR count). The number of carbonyl (C=O) groups excluding carboxylic acids is 1. The van der Waals surface area contributed by atoms with Gasteiger partial charge >= 0.3 is 5.97 Å². The standard InChI is InChI=1S/C18H16N2O4S/c1-12-6-8-13(9-7-12)25(22,23)16-11-14(18(21)24-2)15-5-3-4-10-20(15)17(16)19/h3-11,19H,1-2H3. The summed E-state index contributed by atoms with van der Waals surface area (Å²) < 4.78 is 32.1. The van der Waals surface area contributed by atoms with E-state index in [1.807, 2.05) is 6.92 Å². The van der Waals surface area contributed by atoms with Crippen molar-refractivity contribution in [2.24, 2.45) is 0 Å². The van der Waals surface area contributed by atoms with E-state index in [9.17, 15) is 13.2 Å². The Morgan fingerprint density at radius 1 is 1.12 bits per heavy atom. The lowest BCUT2D eigenvalue weighted by molar-refractivity contribution is 0.0602. The average Bonchev–Trinajstić information content (AvgIpc) is 2.62. The van der Waals surface area contributed by atoms with Crippen LogP contribution in [0.1, 0.15) is 15.9 Å². The van der Waals surface area contributed by atoms with Crippen molar-refractivity contribution in [1.82, 2.24) is 4.40 Å². The minimum atomic E-state index is -3.96. The minimum Gasteiger partial charge on any atom is -0.465 e. The van der Waals surface area contributed by atoms with Gasteiger partial charge in [-0.15, -0.1) is 0 Å². The van der Waals surface area contributed by atoms with Crippen molar-refractivity contribution in [3.8, 4) is 0 Å². The fourth-order valence-electron chi connectivity index (χ4n) is 2.57. The molecule has 0 amide bonds. The molecule has 0 aliphatic carbocycles. The molecule has 0 radical (unpaired) electrons. The maximum Gasteiger partial charge on any atom is 0.340 e. The number of rotatable bonds is 3. The Bertz CT molecular complexity index is 1130. The first kappa shape index (κ1) is 16.9. The van der Waals surface area contributed by atoms with E-state index in [1.54, 1.807) is 30.3 Å². The highest BCUT2D eigenvalue weighted by Crippen LogP contribution is 2.21. The van der Waals surface area contributed by atoms with Gasteiger partial charge in [0.15, 0.2) is 0 Å². The first-order chi connectivity index (χ1) is 11.9. The summed E-state index contributed by atoms with van der Waals surface area (Å²) in [6, 6.07) is 12.6. The van der Waals surface area contributed by atoms with Crippen molar-refractivity contribution in [3.05, 3.63) is 71.3 Å². The Kier molecular flexibility index (Phi) is 4.18. The number of nitrogens with one attached hydrogen (secondary N) is 1. The highest BCUT2D eigenvalue weighted by molar-refractivity contribution is 7.91. The van der Waals surface area contributed by atoms with Gasteiger partial charge in [0, 0.05) is 6.20 Å². The molecule has 0 fully saturated rings. The molecule has 0 saturated carbocycles. The fourth-order valence-corrected chi connectivity index (χ4v) is 3.95. The number of sulfone groups is 1. The van der Waals surface area contributed by atoms with Gasteiger partial charge < -0.3 is 9.14 Å². The molecule has 2 aromatic heterocycles. The largest absolute Gasteiger partial charge is 0.465 e. The third-order valence-corrected chi connectivity index (χ3v) is 5.69. The summed E-state index contributed by atoms with van der Waals surface area (Å²) in [5.41, 5.74) is 1.20. The Morgan fingerprint density at radius 2 is 1.80 bits per heavy atom. The van der Waals surface area contributed by atoms with Crippen LogP contribution in [-0.2, 0) is 14.6 Å². The van der Waals surface area contributed by atoms with E-state index in [0.29, 0.717) is 5.52 Å². The lowest BCUT2D eigenvalue weighted by Gasteiger charge is -2.12. The number of benzene rings is 1. The number of nitrogens with zero attached hydrogens (tertiary/aromatic N) is 1. The highest BCUT2D eigenvalue weighted by atomic mass is 32.2. The van der Waals surface area contributed by atoms with Gasteiger partial charge in [-0.05, 0) is 37.3 Å². The number of pyridine rings is 2. The van der Waals surface area contributed by atoms with Gasteiger partial charge in [-0.1, -0.05) is 23.8 Å². The second-order valence-electron chi connectivity index (χ2n) is 5.53. The zero-order valence-corrected chi connectivity index (χ0v) is 14.5. The van der Waals surface area contributed by atoms with E-state index in [2.05, 4.69) is 0 Å². The topological polar surface area (TPSA) is 88.7 Å². The first-order valence-electron chi connectivity index (χ1n) is 7.45. The van der Waals surface area contributed by atoms with Gasteiger partial charge in [0.1, 0.15) is 10.4 Å². The molecule has 0 atom stereocenters. The summed E-state index contributed by atoms with van der Waals surface area (Å²) in [5.74, 6) is -0.663. The smallest absolute Gasteiger partial charge is 0.340 e. The van der Waals surface area contributed by atoms with Gasteiger partial charge in [0.2, 0.25) is 9.84 Å². The Morgan fingerprint density at radius 3 is 2.44 bits per heavy atom. The van der Waals surface area contributed by atoms with Crippen LogP contribution >= 0.6 is 0 Å². The zero-order valence-electron chi connectivity index (χ0n) is 13.7. The highest BCUT2D eigenvalue weighted by Gasteiger charge is 2.24. The molecule has 3 aromatic rings. The lowest BCUT2D eigenvalue weighted by atomic mass is 10.2. The molecule has 0 saturated heterocycles. The summed E-state index contributed by atoms with van der Waals surface area (Å²) in [7, 11) is -2.73. The van der Waals surface area contributed by atoms with Crippen molar-refractivity contribution in [1.29, 1.82) is 5.41 Å². The molecule has 0 spiro atoms. The number of esters is 1. The number of aromatic nitrogens is 1. The van der Waals surface area contributed by atoms with Crippen LogP contribution in [0.25, 0.3) is 5.52 Å². The van der Waals surface area contributed by atoms with E-state index in [0.717, 1.165) is 5.56 Å². The average molecular weight is 356 g/mol. The number of methoxy groups -OCH3 is 1. The van der Waals surface area contributed by atoms with Gasteiger partial charge in [-0.25, -0.2) is 13.2 Å². The second-order valence-corrected chi connectivity index (χ2v) is 7.45. The summed E-state index contributed by atoms with van der Waals surface area (Å²) in [4.78, 5) is 11.9. The second kappa shape index (κ2) is 6.18. The molecule has 0 aliphatic rings. The van der Waals surface area contributed by atoms with E-state index in [4.69, 9.17) is 10.1 Å². The summed E-state index contributed by atoms with van der Waals surface area (Å²) in [6.07, 6.45) is 1.54. The zero-order chi connectivity index (χ0) is 18.2. The van der Waals surface area contributed by atoms with Crippen LogP contribution in [0.4, 0.5) is 0 Å². The van der Waals surface area contributed by atoms with E-state index in [-0.39, 0.29) is 20.8 Å². The molecule has 128 valence electrons. The molecular formula is C18H16N2O4S. The third-order valence-electron chi connectivity index (χ3n) is 3.91. The van der Waals surface area contributed by atoms with Gasteiger partial charge in [-0.2, -0.15) is 0 Å². The van der Waals surface area contributed by atoms with E-state index in [1.165, 1.54) is 35.9 Å². The number of hydrogen-bond donors (Lipinski definition) is 1. The molecular weight excluding hydrogens is 340 g/mol. The minimum absolute atomic E-state index is 0.0679. The number of hydrogen-bond acceptors (Lipinski definition) is 5. The maximum atomic E-state index is 13.0. The summed E-state index contributed by atoms with van der Waals surface area (Å²) >= 11 is 0. The normalized spacial score (nSPS) is 11.4. The first-order valence-corrected chi connectivity index (χ1v) is 8.93. The summed E-state index contributed by atoms with van der Waals surface area (Å²) in [5, 5.41) is 8.31. The van der Waals surface area contributed by atoms with Crippen LogP contribution in [0.5, 0.6) is 0 Å². The summed E-state index contributed by atoms with van der Waals surface area (Å²) in [6.45, 7) is 1.85. The Balaban J connectivity index is 2.37. The molecule has 25 heavy (non-hydrogen) atoms. The Hall–Kier alpha value is -2.93. The van der Waals surface area contributed by atoms with Crippen molar-refractivity contribution in [2.75, 3.05) is 7.11 Å². The van der Waals surface area contributed by atoms with Crippen molar-refractivity contribution in [3.63, 3.8) is 0 Å². The third kappa shape index (κ3) is 2.83. The van der Waals surface area contributed by atoms with Gasteiger partial charge in [-0.3, -0.25) is 5.41 Å². The van der Waals surface area contributed by atoms with Crippen molar-refractivity contribution >= 4 is 21.3 Å². The molecule has 6 nitrogen and oxygen atoms in total. The number of fused-ring (bicyclic) bond motifs is 1. The monoisotopic (exact) mass is 356 g/mol.